The largest absolute Gasteiger partial charge is 0.491 e. The Balaban J connectivity index is 1.33. The Hall–Kier alpha value is -2.94. The van der Waals surface area contributed by atoms with Gasteiger partial charge >= 0.3 is 0 Å². The number of ether oxygens (including phenoxy) is 1. The third-order valence-corrected chi connectivity index (χ3v) is 7.07. The Labute approximate surface area is 198 Å². The van der Waals surface area contributed by atoms with Gasteiger partial charge in [-0.15, -0.1) is 0 Å². The topological polar surface area (TPSA) is 99.6 Å². The van der Waals surface area contributed by atoms with Gasteiger partial charge in [-0.05, 0) is 68.6 Å². The van der Waals surface area contributed by atoms with E-state index < -0.39 is 5.82 Å². The van der Waals surface area contributed by atoms with Crippen molar-refractivity contribution < 1.29 is 19.0 Å². The molecule has 182 valence electrons. The van der Waals surface area contributed by atoms with Crippen LogP contribution in [0.15, 0.2) is 24.4 Å². The summed E-state index contributed by atoms with van der Waals surface area (Å²) in [6.45, 7) is 4.41. The van der Waals surface area contributed by atoms with Gasteiger partial charge in [0, 0.05) is 31.9 Å². The van der Waals surface area contributed by atoms with E-state index in [1.165, 1.54) is 12.5 Å². The van der Waals surface area contributed by atoms with E-state index in [0.29, 0.717) is 43.3 Å². The number of benzene rings is 1. The van der Waals surface area contributed by atoms with Gasteiger partial charge in [0.25, 0.3) is 5.91 Å². The van der Waals surface area contributed by atoms with Crippen molar-refractivity contribution in [1.82, 2.24) is 15.3 Å². The van der Waals surface area contributed by atoms with E-state index in [1.807, 2.05) is 6.92 Å². The first-order valence-electron chi connectivity index (χ1n) is 12.3. The third-order valence-electron chi connectivity index (χ3n) is 7.07. The maximum Gasteiger partial charge on any atom is 0.256 e. The molecule has 0 bridgehead atoms. The second-order valence-corrected chi connectivity index (χ2v) is 9.62. The maximum atomic E-state index is 14.3. The number of halogens is 1. The van der Waals surface area contributed by atoms with E-state index in [2.05, 4.69) is 20.5 Å². The normalized spacial score (nSPS) is 25.6. The number of aliphatic hydroxyl groups is 1. The van der Waals surface area contributed by atoms with Crippen molar-refractivity contribution in [3.8, 4) is 5.75 Å². The number of carbonyl (C=O) groups excluding carboxylic acids is 1. The second kappa shape index (κ2) is 9.74. The lowest BCUT2D eigenvalue weighted by atomic mass is 9.93. The van der Waals surface area contributed by atoms with E-state index in [-0.39, 0.29) is 23.8 Å². The van der Waals surface area contributed by atoms with Gasteiger partial charge < -0.3 is 25.4 Å². The van der Waals surface area contributed by atoms with Crippen LogP contribution in [0.1, 0.15) is 54.9 Å². The molecule has 0 radical (unpaired) electrons. The monoisotopic (exact) mass is 469 g/mol. The zero-order chi connectivity index (χ0) is 23.7. The standard InChI is InChI=1S/C25H32FN5O3/c1-2-34-22-8-3-15(9-21(22)26)11-27-23-20(24(33)29-18-4-6-19(32)7-5-18)12-28-25(30-23)31-13-16-10-17(16)14-31/h3,8-9,12,16-19,32H,2,4-7,10-11,13-14H2,1H3,(H,29,33)(H,27,28,30). The van der Waals surface area contributed by atoms with Crippen LogP contribution in [-0.4, -0.2) is 52.8 Å². The number of hydrogen-bond donors (Lipinski definition) is 3. The summed E-state index contributed by atoms with van der Waals surface area (Å²) in [5.41, 5.74) is 1.08. The number of rotatable bonds is 8. The summed E-state index contributed by atoms with van der Waals surface area (Å²) in [6.07, 6.45) is 5.45. The predicted octanol–water partition coefficient (Wildman–Crippen LogP) is 3.12. The average Bonchev–Trinajstić information content (AvgIpc) is 3.45. The lowest BCUT2D eigenvalue weighted by Crippen LogP contribution is -2.39. The molecule has 9 heteroatoms. The molecule has 1 aliphatic heterocycles. The first-order valence-corrected chi connectivity index (χ1v) is 12.3. The van der Waals surface area contributed by atoms with Gasteiger partial charge in [-0.25, -0.2) is 9.37 Å². The molecular formula is C25H32FN5O3. The highest BCUT2D eigenvalue weighted by molar-refractivity contribution is 5.98. The minimum atomic E-state index is -0.418. The van der Waals surface area contributed by atoms with E-state index in [4.69, 9.17) is 9.72 Å². The van der Waals surface area contributed by atoms with Crippen LogP contribution in [0.5, 0.6) is 5.75 Å². The number of nitrogens with zero attached hydrogens (tertiary/aromatic N) is 3. The molecule has 0 spiro atoms. The number of amides is 1. The molecule has 1 saturated heterocycles. The van der Waals surface area contributed by atoms with Crippen LogP contribution in [0, 0.1) is 17.7 Å². The summed E-state index contributed by atoms with van der Waals surface area (Å²) in [7, 11) is 0. The third kappa shape index (κ3) is 5.09. The molecule has 2 heterocycles. The molecule has 1 aromatic heterocycles. The summed E-state index contributed by atoms with van der Waals surface area (Å²) in [6, 6.07) is 4.86. The molecule has 3 aliphatic rings. The summed E-state index contributed by atoms with van der Waals surface area (Å²) in [4.78, 5) is 24.5. The first-order chi connectivity index (χ1) is 16.5. The Morgan fingerprint density at radius 1 is 1.24 bits per heavy atom. The van der Waals surface area contributed by atoms with Crippen LogP contribution in [0.3, 0.4) is 0 Å². The Morgan fingerprint density at radius 2 is 2.00 bits per heavy atom. The van der Waals surface area contributed by atoms with E-state index >= 15 is 0 Å². The highest BCUT2D eigenvalue weighted by Gasteiger charge is 2.46. The Kier molecular flexibility index (Phi) is 6.54. The van der Waals surface area contributed by atoms with Gasteiger partial charge in [0.1, 0.15) is 11.4 Å². The fourth-order valence-electron chi connectivity index (χ4n) is 4.98. The van der Waals surface area contributed by atoms with Crippen LogP contribution in [0.4, 0.5) is 16.2 Å². The number of nitrogens with one attached hydrogen (secondary N) is 2. The Bertz CT molecular complexity index is 1030. The number of aliphatic hydroxyl groups excluding tert-OH is 1. The van der Waals surface area contributed by atoms with Crippen molar-refractivity contribution in [3.63, 3.8) is 0 Å². The molecule has 1 amide bonds. The quantitative estimate of drug-likeness (QED) is 0.546. The molecule has 2 aromatic rings. The Morgan fingerprint density at radius 3 is 2.71 bits per heavy atom. The van der Waals surface area contributed by atoms with Crippen LogP contribution in [-0.2, 0) is 6.54 Å². The van der Waals surface area contributed by atoms with Gasteiger partial charge in [0.15, 0.2) is 11.6 Å². The summed E-state index contributed by atoms with van der Waals surface area (Å²) < 4.78 is 19.6. The fraction of sp³-hybridized carbons (Fsp3) is 0.560. The van der Waals surface area contributed by atoms with E-state index in [1.54, 1.807) is 18.3 Å². The average molecular weight is 470 g/mol. The van der Waals surface area contributed by atoms with Crippen molar-refractivity contribution in [2.75, 3.05) is 29.9 Å². The van der Waals surface area contributed by atoms with Crippen molar-refractivity contribution >= 4 is 17.7 Å². The zero-order valence-corrected chi connectivity index (χ0v) is 19.5. The van der Waals surface area contributed by atoms with Gasteiger partial charge in [-0.1, -0.05) is 6.07 Å². The molecule has 3 N–H and O–H groups in total. The minimum absolute atomic E-state index is 0.0225. The molecule has 2 unspecified atom stereocenters. The van der Waals surface area contributed by atoms with Crippen molar-refractivity contribution in [2.45, 2.75) is 57.7 Å². The number of aromatic nitrogens is 2. The molecule has 1 aromatic carbocycles. The summed E-state index contributed by atoms with van der Waals surface area (Å²) in [5.74, 6) is 2.09. The molecule has 2 saturated carbocycles. The molecule has 34 heavy (non-hydrogen) atoms. The number of anilines is 2. The lowest BCUT2D eigenvalue weighted by molar-refractivity contribution is 0.0867. The highest BCUT2D eigenvalue weighted by Crippen LogP contribution is 2.45. The maximum absolute atomic E-state index is 14.3. The molecule has 2 aliphatic carbocycles. The van der Waals surface area contributed by atoms with Crippen molar-refractivity contribution in [3.05, 3.63) is 41.3 Å². The first kappa shape index (κ1) is 22.8. The second-order valence-electron chi connectivity index (χ2n) is 9.62. The van der Waals surface area contributed by atoms with Crippen molar-refractivity contribution in [2.24, 2.45) is 11.8 Å². The summed E-state index contributed by atoms with van der Waals surface area (Å²) in [5, 5.41) is 16.0. The smallest absolute Gasteiger partial charge is 0.256 e. The minimum Gasteiger partial charge on any atom is -0.491 e. The van der Waals surface area contributed by atoms with Crippen molar-refractivity contribution in [1.29, 1.82) is 0 Å². The zero-order valence-electron chi connectivity index (χ0n) is 19.5. The van der Waals surface area contributed by atoms with Crippen LogP contribution in [0.2, 0.25) is 0 Å². The number of piperidine rings is 1. The van der Waals surface area contributed by atoms with Gasteiger partial charge in [-0.2, -0.15) is 4.98 Å². The van der Waals surface area contributed by atoms with Gasteiger partial charge in [0.2, 0.25) is 5.95 Å². The predicted molar refractivity (Wildman–Crippen MR) is 126 cm³/mol. The molecule has 8 nitrogen and oxygen atoms in total. The molecule has 2 atom stereocenters. The van der Waals surface area contributed by atoms with E-state index in [0.717, 1.165) is 43.3 Å². The van der Waals surface area contributed by atoms with Crippen LogP contribution >= 0.6 is 0 Å². The number of fused-ring (bicyclic) bond motifs is 1. The highest BCUT2D eigenvalue weighted by atomic mass is 19.1. The van der Waals surface area contributed by atoms with Crippen LogP contribution < -0.4 is 20.3 Å². The molecule has 3 fully saturated rings. The van der Waals surface area contributed by atoms with E-state index in [9.17, 15) is 14.3 Å². The number of carbonyl (C=O) groups is 1. The van der Waals surface area contributed by atoms with Crippen LogP contribution in [0.25, 0.3) is 0 Å². The number of hydrogen-bond acceptors (Lipinski definition) is 7. The fourth-order valence-corrected chi connectivity index (χ4v) is 4.98. The van der Waals surface area contributed by atoms with Gasteiger partial charge in [-0.3, -0.25) is 4.79 Å². The van der Waals surface area contributed by atoms with Gasteiger partial charge in [0.05, 0.1) is 12.7 Å². The molecular weight excluding hydrogens is 437 g/mol. The summed E-state index contributed by atoms with van der Waals surface area (Å²) >= 11 is 0. The molecule has 5 rings (SSSR count). The SMILES string of the molecule is CCOc1ccc(CNc2nc(N3CC4CC4C3)ncc2C(=O)NC2CCC(O)CC2)cc1F. The lowest BCUT2D eigenvalue weighted by Gasteiger charge is -2.26.